The van der Waals surface area contributed by atoms with Gasteiger partial charge in [-0.1, -0.05) is 0 Å². The standard InChI is InChI=1S/C16H22FN3O2/c17-12-1-3-14(4-2-12)20-8-7-18-15(11-20)16(21)19-13-5-9-22-10-6-13/h1-4,13,15,18H,5-11H2,(H,19,21)/t15-/m0/s1. The summed E-state index contributed by atoms with van der Waals surface area (Å²) < 4.78 is 18.3. The Hall–Kier alpha value is -1.66. The van der Waals surface area contributed by atoms with Crippen LogP contribution in [-0.4, -0.2) is 50.8 Å². The van der Waals surface area contributed by atoms with Crippen molar-refractivity contribution in [3.63, 3.8) is 0 Å². The molecule has 0 unspecified atom stereocenters. The van der Waals surface area contributed by atoms with Crippen molar-refractivity contribution in [2.45, 2.75) is 24.9 Å². The van der Waals surface area contributed by atoms with Gasteiger partial charge in [0, 0.05) is 44.6 Å². The van der Waals surface area contributed by atoms with Crippen LogP contribution in [0.1, 0.15) is 12.8 Å². The molecule has 2 fully saturated rings. The van der Waals surface area contributed by atoms with E-state index in [1.807, 2.05) is 0 Å². The van der Waals surface area contributed by atoms with Gasteiger partial charge in [0.1, 0.15) is 11.9 Å². The molecule has 1 amide bonds. The summed E-state index contributed by atoms with van der Waals surface area (Å²) in [6.07, 6.45) is 1.75. The van der Waals surface area contributed by atoms with Crippen LogP contribution in [0.15, 0.2) is 24.3 Å². The van der Waals surface area contributed by atoms with Crippen molar-refractivity contribution in [1.82, 2.24) is 10.6 Å². The Morgan fingerprint density at radius 3 is 2.73 bits per heavy atom. The summed E-state index contributed by atoms with van der Waals surface area (Å²) in [6.45, 7) is 3.58. The Morgan fingerprint density at radius 1 is 1.27 bits per heavy atom. The summed E-state index contributed by atoms with van der Waals surface area (Å²) >= 11 is 0. The highest BCUT2D eigenvalue weighted by Crippen LogP contribution is 2.17. The van der Waals surface area contributed by atoms with Gasteiger partial charge >= 0.3 is 0 Å². The third kappa shape index (κ3) is 3.75. The molecule has 6 heteroatoms. The Bertz CT molecular complexity index is 503. The quantitative estimate of drug-likeness (QED) is 0.871. The first-order valence-electron chi connectivity index (χ1n) is 7.84. The van der Waals surface area contributed by atoms with Crippen LogP contribution in [0.4, 0.5) is 10.1 Å². The molecule has 1 aromatic carbocycles. The van der Waals surface area contributed by atoms with E-state index in [2.05, 4.69) is 15.5 Å². The van der Waals surface area contributed by atoms with E-state index < -0.39 is 0 Å². The molecule has 2 N–H and O–H groups in total. The van der Waals surface area contributed by atoms with E-state index >= 15 is 0 Å². The predicted molar refractivity (Wildman–Crippen MR) is 82.4 cm³/mol. The van der Waals surface area contributed by atoms with Crippen LogP contribution in [0, 0.1) is 5.82 Å². The van der Waals surface area contributed by atoms with Crippen LogP contribution >= 0.6 is 0 Å². The maximum atomic E-state index is 13.0. The van der Waals surface area contributed by atoms with Crippen molar-refractivity contribution >= 4 is 11.6 Å². The van der Waals surface area contributed by atoms with Crippen LogP contribution < -0.4 is 15.5 Å². The van der Waals surface area contributed by atoms with E-state index in [0.717, 1.165) is 31.6 Å². The van der Waals surface area contributed by atoms with E-state index in [9.17, 15) is 9.18 Å². The minimum Gasteiger partial charge on any atom is -0.381 e. The number of rotatable bonds is 3. The third-order valence-electron chi connectivity index (χ3n) is 4.25. The van der Waals surface area contributed by atoms with Gasteiger partial charge in [-0.05, 0) is 37.1 Å². The third-order valence-corrected chi connectivity index (χ3v) is 4.25. The molecular formula is C16H22FN3O2. The Labute approximate surface area is 129 Å². The lowest BCUT2D eigenvalue weighted by atomic mass is 10.1. The van der Waals surface area contributed by atoms with Gasteiger partial charge in [0.2, 0.25) is 5.91 Å². The van der Waals surface area contributed by atoms with Crippen LogP contribution in [0.2, 0.25) is 0 Å². The lowest BCUT2D eigenvalue weighted by molar-refractivity contribution is -0.124. The second-order valence-corrected chi connectivity index (χ2v) is 5.82. The van der Waals surface area contributed by atoms with Crippen LogP contribution in [0.25, 0.3) is 0 Å². The molecule has 22 heavy (non-hydrogen) atoms. The largest absolute Gasteiger partial charge is 0.381 e. The van der Waals surface area contributed by atoms with Gasteiger partial charge in [0.25, 0.3) is 0 Å². The highest BCUT2D eigenvalue weighted by Gasteiger charge is 2.27. The highest BCUT2D eigenvalue weighted by atomic mass is 19.1. The van der Waals surface area contributed by atoms with Crippen molar-refractivity contribution in [2.24, 2.45) is 0 Å². The summed E-state index contributed by atoms with van der Waals surface area (Å²) in [5.74, 6) is -0.202. The number of benzene rings is 1. The normalized spacial score (nSPS) is 23.3. The zero-order chi connectivity index (χ0) is 15.4. The fraction of sp³-hybridized carbons (Fsp3) is 0.562. The fourth-order valence-corrected chi connectivity index (χ4v) is 2.96. The first-order valence-corrected chi connectivity index (χ1v) is 7.84. The molecular weight excluding hydrogens is 285 g/mol. The average molecular weight is 307 g/mol. The maximum Gasteiger partial charge on any atom is 0.239 e. The van der Waals surface area contributed by atoms with Crippen molar-refractivity contribution in [3.05, 3.63) is 30.1 Å². The Kier molecular flexibility index (Phi) is 4.90. The second kappa shape index (κ2) is 7.07. The zero-order valence-electron chi connectivity index (χ0n) is 12.6. The molecule has 0 saturated carbocycles. The van der Waals surface area contributed by atoms with E-state index in [4.69, 9.17) is 4.74 Å². The number of hydrogen-bond acceptors (Lipinski definition) is 4. The SMILES string of the molecule is O=C(NC1CCOCC1)[C@@H]1CN(c2ccc(F)cc2)CCN1. The smallest absolute Gasteiger partial charge is 0.239 e. The lowest BCUT2D eigenvalue weighted by Crippen LogP contribution is -2.58. The van der Waals surface area contributed by atoms with Gasteiger partial charge in [0.05, 0.1) is 0 Å². The lowest BCUT2D eigenvalue weighted by Gasteiger charge is -2.35. The van der Waals surface area contributed by atoms with Gasteiger partial charge < -0.3 is 20.3 Å². The number of amides is 1. The molecule has 2 aliphatic heterocycles. The van der Waals surface area contributed by atoms with Gasteiger partial charge in [-0.2, -0.15) is 0 Å². The Balaban J connectivity index is 1.57. The van der Waals surface area contributed by atoms with Gasteiger partial charge in [-0.3, -0.25) is 4.79 Å². The van der Waals surface area contributed by atoms with Gasteiger partial charge in [-0.25, -0.2) is 4.39 Å². The molecule has 3 rings (SSSR count). The number of nitrogens with one attached hydrogen (secondary N) is 2. The number of piperazine rings is 1. The molecule has 0 spiro atoms. The molecule has 2 saturated heterocycles. The zero-order valence-corrected chi connectivity index (χ0v) is 12.6. The van der Waals surface area contributed by atoms with Crippen molar-refractivity contribution < 1.29 is 13.9 Å². The van der Waals surface area contributed by atoms with E-state index in [0.29, 0.717) is 19.8 Å². The molecule has 120 valence electrons. The predicted octanol–water partition coefficient (Wildman–Crippen LogP) is 0.899. The van der Waals surface area contributed by atoms with Gasteiger partial charge in [-0.15, -0.1) is 0 Å². The first-order chi connectivity index (χ1) is 10.7. The van der Waals surface area contributed by atoms with Crippen molar-refractivity contribution in [2.75, 3.05) is 37.7 Å². The Morgan fingerprint density at radius 2 is 2.00 bits per heavy atom. The summed E-state index contributed by atoms with van der Waals surface area (Å²) in [5, 5.41) is 6.36. The van der Waals surface area contributed by atoms with E-state index in [-0.39, 0.29) is 23.8 Å². The molecule has 0 aromatic heterocycles. The summed E-state index contributed by atoms with van der Waals surface area (Å²) in [7, 11) is 0. The van der Waals surface area contributed by atoms with Crippen LogP contribution in [-0.2, 0) is 9.53 Å². The average Bonchev–Trinajstić information content (AvgIpc) is 2.56. The molecule has 2 aliphatic rings. The molecule has 2 heterocycles. The van der Waals surface area contributed by atoms with Gasteiger partial charge in [0.15, 0.2) is 0 Å². The summed E-state index contributed by atoms with van der Waals surface area (Å²) in [5.41, 5.74) is 0.951. The number of carbonyl (C=O) groups is 1. The highest BCUT2D eigenvalue weighted by molar-refractivity contribution is 5.83. The topological polar surface area (TPSA) is 53.6 Å². The maximum absolute atomic E-state index is 13.0. The van der Waals surface area contributed by atoms with E-state index in [1.54, 1.807) is 12.1 Å². The number of carbonyl (C=O) groups excluding carboxylic acids is 1. The first kappa shape index (κ1) is 15.2. The van der Waals surface area contributed by atoms with Crippen molar-refractivity contribution in [1.29, 1.82) is 0 Å². The number of nitrogens with zero attached hydrogens (tertiary/aromatic N) is 1. The molecule has 0 aliphatic carbocycles. The van der Waals surface area contributed by atoms with Crippen molar-refractivity contribution in [3.8, 4) is 0 Å². The van der Waals surface area contributed by atoms with Crippen LogP contribution in [0.5, 0.6) is 0 Å². The monoisotopic (exact) mass is 307 g/mol. The molecule has 0 radical (unpaired) electrons. The molecule has 5 nitrogen and oxygen atoms in total. The van der Waals surface area contributed by atoms with Crippen LogP contribution in [0.3, 0.4) is 0 Å². The molecule has 1 atom stereocenters. The second-order valence-electron chi connectivity index (χ2n) is 5.82. The number of hydrogen-bond donors (Lipinski definition) is 2. The molecule has 1 aromatic rings. The summed E-state index contributed by atoms with van der Waals surface area (Å²) in [6, 6.07) is 6.40. The minimum absolute atomic E-state index is 0.0405. The van der Waals surface area contributed by atoms with E-state index in [1.165, 1.54) is 12.1 Å². The summed E-state index contributed by atoms with van der Waals surface area (Å²) in [4.78, 5) is 14.5. The number of halogens is 1. The fourth-order valence-electron chi connectivity index (χ4n) is 2.96. The minimum atomic E-state index is -0.243. The molecule has 0 bridgehead atoms. The number of ether oxygens (including phenoxy) is 1. The number of anilines is 1.